The fraction of sp³-hybridized carbons (Fsp3) is 0.882. The minimum absolute atomic E-state index is 0.000769. The van der Waals surface area contributed by atoms with E-state index in [0.717, 1.165) is 154 Å². The van der Waals surface area contributed by atoms with E-state index in [4.69, 9.17) is 0 Å². The van der Waals surface area contributed by atoms with Gasteiger partial charge in [-0.3, -0.25) is 0 Å². The number of hydrogen-bond donors (Lipinski definition) is 8. The van der Waals surface area contributed by atoms with Crippen LogP contribution in [0.1, 0.15) is 257 Å². The lowest BCUT2D eigenvalue weighted by Crippen LogP contribution is -2.55. The number of aliphatic hydroxyl groups is 8. The minimum Gasteiger partial charge on any atom is -0.393 e. The van der Waals surface area contributed by atoms with Gasteiger partial charge in [0, 0.05) is 0 Å². The highest BCUT2D eigenvalue weighted by atomic mass is 16.3. The molecular weight excluding hydrogens is 945 g/mol. The van der Waals surface area contributed by atoms with Crippen molar-refractivity contribution in [2.45, 2.75) is 306 Å². The van der Waals surface area contributed by atoms with Crippen molar-refractivity contribution in [2.75, 3.05) is 0 Å². The minimum atomic E-state index is -0.718. The monoisotopic (exact) mass is 1060 g/mol. The summed E-state index contributed by atoms with van der Waals surface area (Å²) in [6.07, 6.45) is 40.8. The Morgan fingerprint density at radius 2 is 0.355 bits per heavy atom. The van der Waals surface area contributed by atoms with Gasteiger partial charge < -0.3 is 40.9 Å². The molecule has 8 bridgehead atoms. The van der Waals surface area contributed by atoms with Gasteiger partial charge in [0.2, 0.25) is 0 Å². The number of aliphatic hydroxyl groups excluding tert-OH is 8. The molecule has 5 aliphatic carbocycles. The first-order chi connectivity index (χ1) is 36.9. The third kappa shape index (κ3) is 20.6. The Labute approximate surface area is 466 Å². The fourth-order valence-corrected chi connectivity index (χ4v) is 17.1. The fourth-order valence-electron chi connectivity index (χ4n) is 17.1. The van der Waals surface area contributed by atoms with Gasteiger partial charge in [0.1, 0.15) is 0 Å². The molecule has 5 rings (SSSR count). The number of hydrogen-bond acceptors (Lipinski definition) is 8. The summed E-state index contributed by atoms with van der Waals surface area (Å²) in [5, 5.41) is 99.3. The molecule has 5 fully saturated rings. The molecule has 5 aliphatic rings. The third-order valence-electron chi connectivity index (χ3n) is 21.2. The third-order valence-corrected chi connectivity index (χ3v) is 21.2. The summed E-state index contributed by atoms with van der Waals surface area (Å²) in [7, 11) is 0. The maximum absolute atomic E-state index is 12.4. The van der Waals surface area contributed by atoms with Gasteiger partial charge >= 0.3 is 0 Å². The second kappa shape index (κ2) is 36.9. The van der Waals surface area contributed by atoms with Crippen LogP contribution in [0.15, 0.2) is 50.6 Å². The van der Waals surface area contributed by atoms with Crippen molar-refractivity contribution in [3.05, 3.63) is 50.6 Å². The van der Waals surface area contributed by atoms with E-state index in [1.165, 1.54) is 51.4 Å². The Hall–Kier alpha value is -1.36. The van der Waals surface area contributed by atoms with Crippen LogP contribution >= 0.6 is 0 Å². The molecule has 8 nitrogen and oxygen atoms in total. The van der Waals surface area contributed by atoms with Gasteiger partial charge in [0.25, 0.3) is 0 Å². The molecule has 0 aromatic carbocycles. The standard InChI is InChI=1S/C68H120O8/c1-5-9-13-17-21-25-29-33-37-49-53-41-55(63(71)45-61(53)69)50(38-34-30-26-22-18-14-10-6-2)57-43-59(67(75)47-65(57)73)52(40-36-32-28-24-20-16-12-8-4)60-44-58(66(74)48-68(60)76)51(39-35-31-27-23-19-15-11-7-3)56-42-54(49)62(70)46-64(56)72/h5-8,49-76H,1-4,9-48H2. The summed E-state index contributed by atoms with van der Waals surface area (Å²) >= 11 is 0. The zero-order chi connectivity index (χ0) is 54.7. The maximum atomic E-state index is 12.4. The zero-order valence-electron chi connectivity index (χ0n) is 48.5. The van der Waals surface area contributed by atoms with Crippen LogP contribution in [0.2, 0.25) is 0 Å². The first-order valence-electron chi connectivity index (χ1n) is 32.8. The van der Waals surface area contributed by atoms with Crippen molar-refractivity contribution < 1.29 is 40.9 Å². The normalized spacial score (nSPS) is 36.8. The van der Waals surface area contributed by atoms with Crippen molar-refractivity contribution in [1.82, 2.24) is 0 Å². The molecule has 0 heterocycles. The smallest absolute Gasteiger partial charge is 0.0596 e. The Morgan fingerprint density at radius 1 is 0.211 bits per heavy atom. The quantitative estimate of drug-likeness (QED) is 0.0227. The van der Waals surface area contributed by atoms with Crippen LogP contribution in [-0.4, -0.2) is 89.7 Å². The van der Waals surface area contributed by atoms with Crippen molar-refractivity contribution >= 4 is 0 Å². The number of fused-ring (bicyclic) bond motifs is 8. The van der Waals surface area contributed by atoms with Gasteiger partial charge in [-0.2, -0.15) is 0 Å². The van der Waals surface area contributed by atoms with Gasteiger partial charge in [-0.15, -0.1) is 26.3 Å². The molecule has 0 spiro atoms. The highest BCUT2D eigenvalue weighted by Gasteiger charge is 2.55. The number of unbranched alkanes of at least 4 members (excludes halogenated alkanes) is 24. The molecule has 76 heavy (non-hydrogen) atoms. The van der Waals surface area contributed by atoms with Gasteiger partial charge in [0.15, 0.2) is 0 Å². The molecule has 5 saturated carbocycles. The SMILES string of the molecule is C=CCCCCCCCCC1C2CC(C(O)CC2O)C(CCCCCCCCC=C)C2CC(C(O)CC2O)C(CCCCCCCCC=C)C2CC(C(O)CC2O)C(CCCCCCCCC=C)C2CC1C(O)CC2O. The molecule has 0 aromatic rings. The van der Waals surface area contributed by atoms with Crippen molar-refractivity contribution in [1.29, 1.82) is 0 Å². The number of rotatable bonds is 36. The van der Waals surface area contributed by atoms with Gasteiger partial charge in [-0.05, 0) is 199 Å². The second-order valence-electron chi connectivity index (χ2n) is 26.3. The van der Waals surface area contributed by atoms with Crippen LogP contribution in [0.4, 0.5) is 0 Å². The molecule has 0 amide bonds. The van der Waals surface area contributed by atoms with E-state index < -0.39 is 48.8 Å². The molecule has 0 saturated heterocycles. The summed E-state index contributed by atoms with van der Waals surface area (Å²) in [6.45, 7) is 15.6. The Bertz CT molecular complexity index is 1270. The van der Waals surface area contributed by atoms with Crippen LogP contribution < -0.4 is 0 Å². The number of allylic oxidation sites excluding steroid dienone is 4. The Kier molecular flexibility index (Phi) is 31.8. The first kappa shape index (κ1) is 65.5. The average Bonchev–Trinajstić information content (AvgIpc) is 3.39. The average molecular weight is 1070 g/mol. The molecule has 0 aromatic heterocycles. The summed E-state index contributed by atoms with van der Waals surface area (Å²) in [5.41, 5.74) is 0. The summed E-state index contributed by atoms with van der Waals surface area (Å²) in [5.74, 6) is -1.09. The summed E-state index contributed by atoms with van der Waals surface area (Å²) < 4.78 is 0. The largest absolute Gasteiger partial charge is 0.393 e. The summed E-state index contributed by atoms with van der Waals surface area (Å²) in [6, 6.07) is 0. The molecule has 16 atom stereocenters. The highest BCUT2D eigenvalue weighted by Crippen LogP contribution is 2.56. The lowest BCUT2D eigenvalue weighted by Gasteiger charge is -2.54. The van der Waals surface area contributed by atoms with Gasteiger partial charge in [-0.25, -0.2) is 0 Å². The lowest BCUT2D eigenvalue weighted by molar-refractivity contribution is -0.153. The molecular formula is C68H120O8. The maximum Gasteiger partial charge on any atom is 0.0596 e. The predicted octanol–water partition coefficient (Wildman–Crippen LogP) is 14.7. The molecule has 440 valence electrons. The van der Waals surface area contributed by atoms with Crippen LogP contribution in [0, 0.1) is 71.0 Å². The van der Waals surface area contributed by atoms with Crippen LogP contribution in [0.3, 0.4) is 0 Å². The van der Waals surface area contributed by atoms with Crippen molar-refractivity contribution in [2.24, 2.45) is 71.0 Å². The Balaban J connectivity index is 1.56. The zero-order valence-corrected chi connectivity index (χ0v) is 48.5. The lowest BCUT2D eigenvalue weighted by atomic mass is 9.53. The van der Waals surface area contributed by atoms with Crippen molar-refractivity contribution in [3.63, 3.8) is 0 Å². The topological polar surface area (TPSA) is 162 Å². The predicted molar refractivity (Wildman–Crippen MR) is 315 cm³/mol. The van der Waals surface area contributed by atoms with E-state index in [-0.39, 0.29) is 96.7 Å². The Morgan fingerprint density at radius 3 is 0.513 bits per heavy atom. The van der Waals surface area contributed by atoms with E-state index in [1.54, 1.807) is 0 Å². The van der Waals surface area contributed by atoms with E-state index >= 15 is 0 Å². The molecule has 8 N–H and O–H groups in total. The second-order valence-corrected chi connectivity index (χ2v) is 26.3. The van der Waals surface area contributed by atoms with E-state index in [9.17, 15) is 40.9 Å². The first-order valence-corrected chi connectivity index (χ1v) is 32.8. The van der Waals surface area contributed by atoms with Crippen LogP contribution in [0.5, 0.6) is 0 Å². The molecule has 8 heteroatoms. The van der Waals surface area contributed by atoms with Crippen LogP contribution in [0.25, 0.3) is 0 Å². The molecule has 0 radical (unpaired) electrons. The van der Waals surface area contributed by atoms with Gasteiger partial charge in [-0.1, -0.05) is 153 Å². The van der Waals surface area contributed by atoms with E-state index in [1.807, 2.05) is 24.3 Å². The summed E-state index contributed by atoms with van der Waals surface area (Å²) in [4.78, 5) is 0. The molecule has 0 aliphatic heterocycles. The van der Waals surface area contributed by atoms with E-state index in [2.05, 4.69) is 26.3 Å². The van der Waals surface area contributed by atoms with Gasteiger partial charge in [0.05, 0.1) is 48.8 Å². The van der Waals surface area contributed by atoms with Crippen molar-refractivity contribution in [3.8, 4) is 0 Å². The van der Waals surface area contributed by atoms with E-state index in [0.29, 0.717) is 25.7 Å². The highest BCUT2D eigenvalue weighted by molar-refractivity contribution is 5.04. The van der Waals surface area contributed by atoms with Crippen LogP contribution in [-0.2, 0) is 0 Å². The molecule has 16 unspecified atom stereocenters.